The Labute approximate surface area is 180 Å². The van der Waals surface area contributed by atoms with Crippen molar-refractivity contribution in [2.75, 3.05) is 19.6 Å². The molecular formula is C24H37N3O3. The zero-order valence-corrected chi connectivity index (χ0v) is 19.0. The molecule has 1 aliphatic rings. The summed E-state index contributed by atoms with van der Waals surface area (Å²) < 4.78 is 0. The lowest BCUT2D eigenvalue weighted by molar-refractivity contribution is -0.133. The van der Waals surface area contributed by atoms with Gasteiger partial charge in [-0.05, 0) is 49.7 Å². The van der Waals surface area contributed by atoms with Crippen LogP contribution in [0.2, 0.25) is 0 Å². The lowest BCUT2D eigenvalue weighted by atomic mass is 9.88. The molecule has 0 aromatic heterocycles. The van der Waals surface area contributed by atoms with Crippen molar-refractivity contribution in [3.05, 3.63) is 35.4 Å². The third-order valence-electron chi connectivity index (χ3n) is 5.48. The number of hydrogen-bond acceptors (Lipinski definition) is 3. The number of nitrogens with one attached hydrogen (secondary N) is 2. The van der Waals surface area contributed by atoms with Crippen LogP contribution in [0.5, 0.6) is 0 Å². The van der Waals surface area contributed by atoms with E-state index >= 15 is 0 Å². The van der Waals surface area contributed by atoms with Crippen molar-refractivity contribution >= 4 is 17.7 Å². The second-order valence-corrected chi connectivity index (χ2v) is 9.28. The Morgan fingerprint density at radius 1 is 1.07 bits per heavy atom. The van der Waals surface area contributed by atoms with Crippen LogP contribution in [-0.2, 0) is 9.59 Å². The molecule has 1 aliphatic heterocycles. The summed E-state index contributed by atoms with van der Waals surface area (Å²) in [5.74, 6) is 0.469. The van der Waals surface area contributed by atoms with Gasteiger partial charge in [-0.1, -0.05) is 45.4 Å². The Hall–Kier alpha value is -2.37. The van der Waals surface area contributed by atoms with Gasteiger partial charge in [0.15, 0.2) is 0 Å². The Morgan fingerprint density at radius 3 is 2.30 bits per heavy atom. The molecule has 0 saturated carbocycles. The molecule has 0 aliphatic carbocycles. The predicted molar refractivity (Wildman–Crippen MR) is 119 cm³/mol. The Bertz CT molecular complexity index is 737. The van der Waals surface area contributed by atoms with Gasteiger partial charge in [0.05, 0.1) is 0 Å². The minimum absolute atomic E-state index is 0.00835. The first kappa shape index (κ1) is 23.9. The highest BCUT2D eigenvalue weighted by Crippen LogP contribution is 2.23. The summed E-state index contributed by atoms with van der Waals surface area (Å²) in [5.41, 5.74) is 1.56. The van der Waals surface area contributed by atoms with Crippen LogP contribution in [0.4, 0.5) is 0 Å². The first-order valence-corrected chi connectivity index (χ1v) is 11.1. The average molecular weight is 416 g/mol. The minimum atomic E-state index is -0.598. The molecule has 0 radical (unpaired) electrons. The number of nitrogens with zero attached hydrogens (tertiary/aromatic N) is 1. The van der Waals surface area contributed by atoms with Gasteiger partial charge in [-0.2, -0.15) is 0 Å². The molecule has 1 unspecified atom stereocenters. The van der Waals surface area contributed by atoms with E-state index in [0.29, 0.717) is 56.3 Å². The van der Waals surface area contributed by atoms with Crippen molar-refractivity contribution in [2.45, 2.75) is 59.9 Å². The van der Waals surface area contributed by atoms with Crippen LogP contribution in [0.15, 0.2) is 24.3 Å². The summed E-state index contributed by atoms with van der Waals surface area (Å²) in [5, 5.41) is 5.95. The zero-order valence-electron chi connectivity index (χ0n) is 19.0. The molecule has 2 N–H and O–H groups in total. The Kier molecular flexibility index (Phi) is 8.88. The highest BCUT2D eigenvalue weighted by atomic mass is 16.2. The molecule has 2 rings (SSSR count). The van der Waals surface area contributed by atoms with E-state index in [-0.39, 0.29) is 23.6 Å². The van der Waals surface area contributed by atoms with Crippen LogP contribution in [0.1, 0.15) is 62.9 Å². The molecule has 0 bridgehead atoms. The third-order valence-corrected chi connectivity index (χ3v) is 5.48. The molecule has 1 heterocycles. The third kappa shape index (κ3) is 7.15. The van der Waals surface area contributed by atoms with Gasteiger partial charge in [0.25, 0.3) is 5.91 Å². The van der Waals surface area contributed by atoms with Crippen LogP contribution < -0.4 is 10.6 Å². The van der Waals surface area contributed by atoms with Crippen molar-refractivity contribution in [1.82, 2.24) is 15.5 Å². The fraction of sp³-hybridized carbons (Fsp3) is 0.625. The molecule has 1 fully saturated rings. The Balaban J connectivity index is 2.07. The van der Waals surface area contributed by atoms with Crippen LogP contribution in [0, 0.1) is 24.7 Å². The van der Waals surface area contributed by atoms with Gasteiger partial charge in [0.1, 0.15) is 6.04 Å². The van der Waals surface area contributed by atoms with E-state index in [4.69, 9.17) is 0 Å². The first-order chi connectivity index (χ1) is 14.2. The molecule has 0 spiro atoms. The minimum Gasteiger partial charge on any atom is -0.354 e. The topological polar surface area (TPSA) is 78.5 Å². The monoisotopic (exact) mass is 415 g/mol. The van der Waals surface area contributed by atoms with E-state index in [2.05, 4.69) is 10.6 Å². The SMILES string of the molecule is Cc1cccc(C(=O)NC(C(=O)NCC(C)C)C2CCN(C(=O)CC(C)C)CC2)c1. The van der Waals surface area contributed by atoms with E-state index in [0.717, 1.165) is 5.56 Å². The number of aryl methyl sites for hydroxylation is 1. The number of hydrogen-bond donors (Lipinski definition) is 2. The van der Waals surface area contributed by atoms with Gasteiger partial charge in [0.2, 0.25) is 11.8 Å². The summed E-state index contributed by atoms with van der Waals surface area (Å²) in [6.45, 7) is 11.9. The fourth-order valence-corrected chi connectivity index (χ4v) is 3.78. The van der Waals surface area contributed by atoms with E-state index in [1.165, 1.54) is 0 Å². The van der Waals surface area contributed by atoms with Crippen molar-refractivity contribution in [2.24, 2.45) is 17.8 Å². The van der Waals surface area contributed by atoms with Crippen LogP contribution in [0.3, 0.4) is 0 Å². The summed E-state index contributed by atoms with van der Waals surface area (Å²) in [7, 11) is 0. The highest BCUT2D eigenvalue weighted by Gasteiger charge is 2.34. The van der Waals surface area contributed by atoms with Crippen molar-refractivity contribution < 1.29 is 14.4 Å². The fourth-order valence-electron chi connectivity index (χ4n) is 3.78. The van der Waals surface area contributed by atoms with Crippen molar-refractivity contribution in [1.29, 1.82) is 0 Å². The largest absolute Gasteiger partial charge is 0.354 e. The van der Waals surface area contributed by atoms with E-state index < -0.39 is 6.04 Å². The van der Waals surface area contributed by atoms with Crippen LogP contribution >= 0.6 is 0 Å². The van der Waals surface area contributed by atoms with Crippen molar-refractivity contribution in [3.63, 3.8) is 0 Å². The number of amides is 3. The summed E-state index contributed by atoms with van der Waals surface area (Å²) in [6, 6.07) is 6.77. The number of piperidine rings is 1. The van der Waals surface area contributed by atoms with Crippen molar-refractivity contribution in [3.8, 4) is 0 Å². The molecule has 6 heteroatoms. The molecule has 1 aromatic rings. The molecule has 30 heavy (non-hydrogen) atoms. The van der Waals surface area contributed by atoms with Gasteiger partial charge in [-0.15, -0.1) is 0 Å². The van der Waals surface area contributed by atoms with Crippen LogP contribution in [-0.4, -0.2) is 48.3 Å². The lowest BCUT2D eigenvalue weighted by Gasteiger charge is -2.36. The predicted octanol–water partition coefficient (Wildman–Crippen LogP) is 3.15. The maximum Gasteiger partial charge on any atom is 0.251 e. The van der Waals surface area contributed by atoms with Gasteiger partial charge < -0.3 is 15.5 Å². The van der Waals surface area contributed by atoms with E-state index in [9.17, 15) is 14.4 Å². The number of likely N-dealkylation sites (tertiary alicyclic amines) is 1. The number of carbonyl (C=O) groups is 3. The van der Waals surface area contributed by atoms with Gasteiger partial charge in [-0.3, -0.25) is 14.4 Å². The quantitative estimate of drug-likeness (QED) is 0.685. The van der Waals surface area contributed by atoms with Gasteiger partial charge in [0, 0.05) is 31.6 Å². The van der Waals surface area contributed by atoms with Crippen LogP contribution in [0.25, 0.3) is 0 Å². The average Bonchev–Trinajstić information content (AvgIpc) is 2.69. The normalized spacial score (nSPS) is 15.9. The molecule has 166 valence electrons. The van der Waals surface area contributed by atoms with E-state index in [1.807, 2.05) is 57.7 Å². The molecule has 6 nitrogen and oxygen atoms in total. The highest BCUT2D eigenvalue weighted by molar-refractivity contribution is 5.97. The number of carbonyl (C=O) groups excluding carboxylic acids is 3. The molecule has 1 atom stereocenters. The maximum atomic E-state index is 12.9. The first-order valence-electron chi connectivity index (χ1n) is 11.1. The molecule has 1 aromatic carbocycles. The smallest absolute Gasteiger partial charge is 0.251 e. The second-order valence-electron chi connectivity index (χ2n) is 9.28. The number of rotatable bonds is 8. The summed E-state index contributed by atoms with van der Waals surface area (Å²) in [6.07, 6.45) is 1.96. The van der Waals surface area contributed by atoms with Gasteiger partial charge in [-0.25, -0.2) is 0 Å². The molecule has 1 saturated heterocycles. The van der Waals surface area contributed by atoms with E-state index in [1.54, 1.807) is 6.07 Å². The summed E-state index contributed by atoms with van der Waals surface area (Å²) in [4.78, 5) is 40.0. The van der Waals surface area contributed by atoms with Gasteiger partial charge >= 0.3 is 0 Å². The Morgan fingerprint density at radius 2 is 1.73 bits per heavy atom. The number of benzene rings is 1. The molecular weight excluding hydrogens is 378 g/mol. The standard InChI is InChI=1S/C24H37N3O3/c1-16(2)13-21(28)27-11-9-19(10-12-27)22(24(30)25-15-17(3)4)26-23(29)20-8-6-7-18(5)14-20/h6-8,14,16-17,19,22H,9-13,15H2,1-5H3,(H,25,30)(H,26,29). The zero-order chi connectivity index (χ0) is 22.3. The molecule has 3 amide bonds. The second kappa shape index (κ2) is 11.1. The maximum absolute atomic E-state index is 12.9. The lowest BCUT2D eigenvalue weighted by Crippen LogP contribution is -2.54. The summed E-state index contributed by atoms with van der Waals surface area (Å²) >= 11 is 0.